The summed E-state index contributed by atoms with van der Waals surface area (Å²) in [6, 6.07) is 6.13. The number of likely N-dealkylation sites (tertiary alicyclic amines) is 1. The van der Waals surface area contributed by atoms with Gasteiger partial charge in [0.05, 0.1) is 6.54 Å². The van der Waals surface area contributed by atoms with Gasteiger partial charge in [0.25, 0.3) is 0 Å². The summed E-state index contributed by atoms with van der Waals surface area (Å²) in [5.74, 6) is 1.21. The third-order valence-electron chi connectivity index (χ3n) is 4.58. The van der Waals surface area contributed by atoms with Crippen molar-refractivity contribution >= 4 is 11.6 Å². The molecule has 1 aromatic carbocycles. The molecule has 1 aromatic rings. The molecule has 2 saturated heterocycles. The van der Waals surface area contributed by atoms with Gasteiger partial charge in [-0.1, -0.05) is 0 Å². The third-order valence-corrected chi connectivity index (χ3v) is 4.58. The zero-order chi connectivity index (χ0) is 14.8. The minimum atomic E-state index is -0.276. The number of amides is 1. The van der Waals surface area contributed by atoms with Gasteiger partial charge < -0.3 is 10.2 Å². The lowest BCUT2D eigenvalue weighted by molar-refractivity contribution is -0.119. The van der Waals surface area contributed by atoms with Crippen molar-refractivity contribution in [1.82, 2.24) is 10.2 Å². The Balaban J connectivity index is 1.62. The van der Waals surface area contributed by atoms with Crippen LogP contribution < -0.4 is 10.2 Å². The van der Waals surface area contributed by atoms with Crippen molar-refractivity contribution in [3.63, 3.8) is 0 Å². The fraction of sp³-hybridized carbons (Fsp3) is 0.562. The molecule has 4 nitrogen and oxygen atoms in total. The highest BCUT2D eigenvalue weighted by molar-refractivity contribution is 5.94. The van der Waals surface area contributed by atoms with Crippen molar-refractivity contribution in [2.45, 2.75) is 6.92 Å². The number of fused-ring (bicyclic) bond motifs is 1. The van der Waals surface area contributed by atoms with Crippen LogP contribution in [-0.4, -0.2) is 50.1 Å². The number of nitrogens with one attached hydrogen (secondary N) is 1. The van der Waals surface area contributed by atoms with Crippen LogP contribution in [-0.2, 0) is 4.79 Å². The predicted molar refractivity (Wildman–Crippen MR) is 80.7 cm³/mol. The summed E-state index contributed by atoms with van der Waals surface area (Å²) in [7, 11) is 0. The molecule has 21 heavy (non-hydrogen) atoms. The molecule has 2 aliphatic heterocycles. The van der Waals surface area contributed by atoms with Crippen LogP contribution in [0.3, 0.4) is 0 Å². The molecule has 2 aliphatic rings. The molecule has 3 rings (SSSR count). The number of benzene rings is 1. The summed E-state index contributed by atoms with van der Waals surface area (Å²) in [4.78, 5) is 16.5. The fourth-order valence-corrected chi connectivity index (χ4v) is 3.48. The molecule has 2 atom stereocenters. The second-order valence-corrected chi connectivity index (χ2v) is 5.99. The van der Waals surface area contributed by atoms with Crippen LogP contribution in [0.4, 0.5) is 10.1 Å². The van der Waals surface area contributed by atoms with Gasteiger partial charge in [-0.25, -0.2) is 4.39 Å². The van der Waals surface area contributed by atoms with Gasteiger partial charge in [-0.2, -0.15) is 0 Å². The standard InChI is InChI=1S/C16H22FN3O/c1-2-20(15-5-3-14(17)4-6-15)16(21)11-19-9-12-7-18-8-13(12)10-19/h3-6,12-13,18H,2,7-11H2,1H3. The highest BCUT2D eigenvalue weighted by Gasteiger charge is 2.36. The van der Waals surface area contributed by atoms with E-state index in [4.69, 9.17) is 0 Å². The summed E-state index contributed by atoms with van der Waals surface area (Å²) >= 11 is 0. The first-order valence-electron chi connectivity index (χ1n) is 7.66. The van der Waals surface area contributed by atoms with E-state index in [1.54, 1.807) is 17.0 Å². The average Bonchev–Trinajstić information content (AvgIpc) is 3.02. The van der Waals surface area contributed by atoms with Gasteiger partial charge in [0, 0.05) is 25.3 Å². The maximum absolute atomic E-state index is 13.0. The molecule has 5 heteroatoms. The molecule has 0 spiro atoms. The van der Waals surface area contributed by atoms with E-state index in [2.05, 4.69) is 10.2 Å². The summed E-state index contributed by atoms with van der Waals surface area (Å²) in [5.41, 5.74) is 0.768. The Kier molecular flexibility index (Phi) is 4.22. The minimum Gasteiger partial charge on any atom is -0.316 e. The Morgan fingerprint density at radius 1 is 1.29 bits per heavy atom. The lowest BCUT2D eigenvalue weighted by Gasteiger charge is -2.24. The average molecular weight is 291 g/mol. The van der Waals surface area contributed by atoms with E-state index in [-0.39, 0.29) is 11.7 Å². The maximum Gasteiger partial charge on any atom is 0.241 e. The third kappa shape index (κ3) is 3.09. The van der Waals surface area contributed by atoms with Crippen LogP contribution in [0.2, 0.25) is 0 Å². The Bertz CT molecular complexity index is 493. The van der Waals surface area contributed by atoms with Gasteiger partial charge in [-0.05, 0) is 56.1 Å². The quantitative estimate of drug-likeness (QED) is 0.909. The van der Waals surface area contributed by atoms with Crippen molar-refractivity contribution in [1.29, 1.82) is 0 Å². The molecule has 1 N–H and O–H groups in total. The summed E-state index contributed by atoms with van der Waals surface area (Å²) in [6.45, 7) is 7.17. The molecule has 0 aromatic heterocycles. The number of anilines is 1. The first kappa shape index (κ1) is 14.5. The molecule has 1 amide bonds. The molecule has 2 unspecified atom stereocenters. The van der Waals surface area contributed by atoms with Crippen molar-refractivity contribution in [2.75, 3.05) is 44.2 Å². The minimum absolute atomic E-state index is 0.0945. The number of nitrogens with zero attached hydrogens (tertiary/aromatic N) is 2. The van der Waals surface area contributed by atoms with Crippen molar-refractivity contribution in [3.05, 3.63) is 30.1 Å². The van der Waals surface area contributed by atoms with Gasteiger partial charge in [0.1, 0.15) is 5.82 Å². The van der Waals surface area contributed by atoms with Crippen LogP contribution in [0.15, 0.2) is 24.3 Å². The number of hydrogen-bond donors (Lipinski definition) is 1. The number of likely N-dealkylation sites (N-methyl/N-ethyl adjacent to an activating group) is 1. The maximum atomic E-state index is 13.0. The summed E-state index contributed by atoms with van der Waals surface area (Å²) in [6.07, 6.45) is 0. The molecule has 114 valence electrons. The monoisotopic (exact) mass is 291 g/mol. The van der Waals surface area contributed by atoms with E-state index in [1.165, 1.54) is 12.1 Å². The van der Waals surface area contributed by atoms with E-state index in [1.807, 2.05) is 6.92 Å². The molecule has 2 heterocycles. The van der Waals surface area contributed by atoms with Gasteiger partial charge in [-0.3, -0.25) is 9.69 Å². The largest absolute Gasteiger partial charge is 0.316 e. The van der Waals surface area contributed by atoms with Crippen molar-refractivity contribution in [3.8, 4) is 0 Å². The lowest BCUT2D eigenvalue weighted by atomic mass is 10.0. The number of hydrogen-bond acceptors (Lipinski definition) is 3. The molecule has 2 fully saturated rings. The smallest absolute Gasteiger partial charge is 0.241 e. The predicted octanol–water partition coefficient (Wildman–Crippen LogP) is 1.33. The number of carbonyl (C=O) groups is 1. The number of halogens is 1. The lowest BCUT2D eigenvalue weighted by Crippen LogP contribution is -2.40. The van der Waals surface area contributed by atoms with E-state index in [0.29, 0.717) is 24.9 Å². The van der Waals surface area contributed by atoms with Crippen LogP contribution in [0.25, 0.3) is 0 Å². The van der Waals surface area contributed by atoms with Crippen LogP contribution in [0.1, 0.15) is 6.92 Å². The molecule has 0 saturated carbocycles. The second kappa shape index (κ2) is 6.12. The van der Waals surface area contributed by atoms with Crippen LogP contribution in [0.5, 0.6) is 0 Å². The second-order valence-electron chi connectivity index (χ2n) is 5.99. The molecule has 0 bridgehead atoms. The van der Waals surface area contributed by atoms with Crippen molar-refractivity contribution in [2.24, 2.45) is 11.8 Å². The van der Waals surface area contributed by atoms with Gasteiger partial charge in [-0.15, -0.1) is 0 Å². The summed E-state index contributed by atoms with van der Waals surface area (Å²) < 4.78 is 13.0. The van der Waals surface area contributed by atoms with E-state index in [0.717, 1.165) is 31.9 Å². The molecule has 0 aliphatic carbocycles. The highest BCUT2D eigenvalue weighted by atomic mass is 19.1. The number of rotatable bonds is 4. The van der Waals surface area contributed by atoms with E-state index < -0.39 is 0 Å². The SMILES string of the molecule is CCN(C(=O)CN1CC2CNCC2C1)c1ccc(F)cc1. The number of carbonyl (C=O) groups excluding carboxylic acids is 1. The van der Waals surface area contributed by atoms with Crippen LogP contribution >= 0.6 is 0 Å². The van der Waals surface area contributed by atoms with Gasteiger partial charge >= 0.3 is 0 Å². The summed E-state index contributed by atoms with van der Waals surface area (Å²) in [5, 5.41) is 3.41. The first-order valence-corrected chi connectivity index (χ1v) is 7.66. The first-order chi connectivity index (χ1) is 10.2. The van der Waals surface area contributed by atoms with Crippen molar-refractivity contribution < 1.29 is 9.18 Å². The fourth-order valence-electron chi connectivity index (χ4n) is 3.48. The van der Waals surface area contributed by atoms with Crippen LogP contribution in [0, 0.1) is 17.7 Å². The van der Waals surface area contributed by atoms with Gasteiger partial charge in [0.15, 0.2) is 0 Å². The normalized spacial score (nSPS) is 25.0. The Morgan fingerprint density at radius 3 is 2.48 bits per heavy atom. The van der Waals surface area contributed by atoms with E-state index >= 15 is 0 Å². The zero-order valence-corrected chi connectivity index (χ0v) is 12.4. The topological polar surface area (TPSA) is 35.6 Å². The highest BCUT2D eigenvalue weighted by Crippen LogP contribution is 2.26. The van der Waals surface area contributed by atoms with E-state index in [9.17, 15) is 9.18 Å². The Labute approximate surface area is 124 Å². The molecular formula is C16H22FN3O. The Hall–Kier alpha value is -1.46. The molecular weight excluding hydrogens is 269 g/mol. The molecule has 0 radical (unpaired) electrons. The zero-order valence-electron chi connectivity index (χ0n) is 12.4. The van der Waals surface area contributed by atoms with Gasteiger partial charge in [0.2, 0.25) is 5.91 Å². The Morgan fingerprint density at radius 2 is 1.90 bits per heavy atom.